The molecule has 110 valence electrons. The molecule has 0 atom stereocenters. The van der Waals surface area contributed by atoms with E-state index in [1.165, 1.54) is 12.1 Å². The number of nitrogens with one attached hydrogen (secondary N) is 1. The molecule has 7 heteroatoms. The van der Waals surface area contributed by atoms with Gasteiger partial charge in [0.1, 0.15) is 5.82 Å². The first-order chi connectivity index (χ1) is 9.90. The number of nitrogens with zero attached hydrogens (tertiary/aromatic N) is 1. The fraction of sp³-hybridized carbons (Fsp3) is 0.143. The Morgan fingerprint density at radius 1 is 1.19 bits per heavy atom. The van der Waals surface area contributed by atoms with Gasteiger partial charge in [-0.1, -0.05) is 6.92 Å². The van der Waals surface area contributed by atoms with E-state index in [0.29, 0.717) is 12.1 Å². The lowest BCUT2D eigenvalue weighted by Crippen LogP contribution is -2.04. The second-order valence-corrected chi connectivity index (χ2v) is 4.27. The van der Waals surface area contributed by atoms with Crippen LogP contribution in [0.5, 0.6) is 0 Å². The number of pyridine rings is 1. The fourth-order valence-electron chi connectivity index (χ4n) is 1.73. The molecule has 0 fully saturated rings. The van der Waals surface area contributed by atoms with Gasteiger partial charge >= 0.3 is 5.97 Å². The van der Waals surface area contributed by atoms with E-state index in [4.69, 9.17) is 5.11 Å². The van der Waals surface area contributed by atoms with Crippen LogP contribution in [0.25, 0.3) is 0 Å². The molecular formula is C14H11F3N2O2. The molecule has 2 aromatic rings. The smallest absolute Gasteiger partial charge is 0.335 e. The standard InChI is InChI=1S/C14H11F3N2O2/c1-2-8-3-7(14(20)21)4-12(18-8)19-9-5-10(15)13(17)11(16)6-9/h3-6H,2H2,1H3,(H,18,19)(H,20,21). The van der Waals surface area contributed by atoms with Crippen LogP contribution >= 0.6 is 0 Å². The zero-order valence-electron chi connectivity index (χ0n) is 11.0. The predicted octanol–water partition coefficient (Wildman–Crippen LogP) is 3.50. The molecule has 1 aromatic heterocycles. The van der Waals surface area contributed by atoms with E-state index in [9.17, 15) is 18.0 Å². The molecule has 0 unspecified atom stereocenters. The Morgan fingerprint density at radius 3 is 2.33 bits per heavy atom. The highest BCUT2D eigenvalue weighted by Crippen LogP contribution is 2.21. The summed E-state index contributed by atoms with van der Waals surface area (Å²) in [5.41, 5.74) is 0.427. The topological polar surface area (TPSA) is 62.2 Å². The maximum atomic E-state index is 13.1. The zero-order valence-corrected chi connectivity index (χ0v) is 11.0. The highest BCUT2D eigenvalue weighted by atomic mass is 19.2. The van der Waals surface area contributed by atoms with Gasteiger partial charge in [-0.25, -0.2) is 22.9 Å². The Hall–Kier alpha value is -2.57. The molecule has 1 aromatic carbocycles. The van der Waals surface area contributed by atoms with Crippen LogP contribution in [0.2, 0.25) is 0 Å². The van der Waals surface area contributed by atoms with E-state index >= 15 is 0 Å². The lowest BCUT2D eigenvalue weighted by Gasteiger charge is -2.09. The second kappa shape index (κ2) is 5.82. The molecule has 0 aliphatic heterocycles. The van der Waals surface area contributed by atoms with Gasteiger partial charge in [0.25, 0.3) is 0 Å². The summed E-state index contributed by atoms with van der Waals surface area (Å²) >= 11 is 0. The van der Waals surface area contributed by atoms with Crippen LogP contribution in [0.4, 0.5) is 24.7 Å². The summed E-state index contributed by atoms with van der Waals surface area (Å²) in [6, 6.07) is 4.15. The van der Waals surface area contributed by atoms with Crippen molar-refractivity contribution in [2.45, 2.75) is 13.3 Å². The number of halogens is 3. The van der Waals surface area contributed by atoms with Gasteiger partial charge in [0.05, 0.1) is 5.56 Å². The molecule has 0 aliphatic carbocycles. The number of carbonyl (C=O) groups is 1. The van der Waals surface area contributed by atoms with Crippen molar-refractivity contribution in [3.05, 3.63) is 53.0 Å². The third-order valence-electron chi connectivity index (χ3n) is 2.74. The molecular weight excluding hydrogens is 285 g/mol. The van der Waals surface area contributed by atoms with E-state index in [2.05, 4.69) is 10.3 Å². The van der Waals surface area contributed by atoms with Gasteiger partial charge in [0, 0.05) is 23.5 Å². The number of rotatable bonds is 4. The van der Waals surface area contributed by atoms with E-state index in [1.807, 2.05) is 0 Å². The number of carboxylic acids is 1. The SMILES string of the molecule is CCc1cc(C(=O)O)cc(Nc2cc(F)c(F)c(F)c2)n1. The third kappa shape index (κ3) is 3.31. The molecule has 4 nitrogen and oxygen atoms in total. The van der Waals surface area contributed by atoms with Crippen molar-refractivity contribution in [1.82, 2.24) is 4.98 Å². The minimum atomic E-state index is -1.57. The lowest BCUT2D eigenvalue weighted by molar-refractivity contribution is 0.0696. The Morgan fingerprint density at radius 2 is 1.81 bits per heavy atom. The quantitative estimate of drug-likeness (QED) is 0.848. The fourth-order valence-corrected chi connectivity index (χ4v) is 1.73. The van der Waals surface area contributed by atoms with Crippen LogP contribution in [0, 0.1) is 17.5 Å². The number of aromatic carboxylic acids is 1. The number of hydrogen-bond donors (Lipinski definition) is 2. The first-order valence-electron chi connectivity index (χ1n) is 6.06. The Bertz CT molecular complexity index is 682. The van der Waals surface area contributed by atoms with Gasteiger partial charge in [-0.15, -0.1) is 0 Å². The van der Waals surface area contributed by atoms with Crippen LogP contribution < -0.4 is 5.32 Å². The van der Waals surface area contributed by atoms with Crippen LogP contribution in [0.3, 0.4) is 0 Å². The van der Waals surface area contributed by atoms with Crippen LogP contribution in [0.1, 0.15) is 23.0 Å². The average molecular weight is 296 g/mol. The van der Waals surface area contributed by atoms with Crippen molar-refractivity contribution in [3.8, 4) is 0 Å². The van der Waals surface area contributed by atoms with Gasteiger partial charge in [0.2, 0.25) is 0 Å². The first kappa shape index (κ1) is 14.8. The van der Waals surface area contributed by atoms with Crippen LogP contribution in [0.15, 0.2) is 24.3 Å². The average Bonchev–Trinajstić information content (AvgIpc) is 2.44. The minimum Gasteiger partial charge on any atom is -0.478 e. The molecule has 0 aliphatic rings. The molecule has 0 amide bonds. The van der Waals surface area contributed by atoms with Crippen molar-refractivity contribution in [1.29, 1.82) is 0 Å². The number of hydrogen-bond acceptors (Lipinski definition) is 3. The number of carboxylic acid groups (broad SMARTS) is 1. The van der Waals surface area contributed by atoms with Gasteiger partial charge in [-0.3, -0.25) is 0 Å². The summed E-state index contributed by atoms with van der Waals surface area (Å²) in [6.07, 6.45) is 0.488. The predicted molar refractivity (Wildman–Crippen MR) is 70.2 cm³/mol. The zero-order chi connectivity index (χ0) is 15.6. The number of aromatic nitrogens is 1. The van der Waals surface area contributed by atoms with Crippen molar-refractivity contribution < 1.29 is 23.1 Å². The molecule has 21 heavy (non-hydrogen) atoms. The van der Waals surface area contributed by atoms with Gasteiger partial charge in [0.15, 0.2) is 17.5 Å². The molecule has 2 N–H and O–H groups in total. The second-order valence-electron chi connectivity index (χ2n) is 4.27. The molecule has 0 saturated carbocycles. The molecule has 0 bridgehead atoms. The van der Waals surface area contributed by atoms with Crippen LogP contribution in [-0.4, -0.2) is 16.1 Å². The van der Waals surface area contributed by atoms with Crippen LogP contribution in [-0.2, 0) is 6.42 Å². The van der Waals surface area contributed by atoms with E-state index < -0.39 is 23.4 Å². The number of benzene rings is 1. The van der Waals surface area contributed by atoms with Gasteiger partial charge < -0.3 is 10.4 Å². The Balaban J connectivity index is 2.39. The highest BCUT2D eigenvalue weighted by molar-refractivity contribution is 5.88. The summed E-state index contributed by atoms with van der Waals surface area (Å²) in [5, 5.41) is 11.6. The lowest BCUT2D eigenvalue weighted by atomic mass is 10.2. The monoisotopic (exact) mass is 296 g/mol. The van der Waals surface area contributed by atoms with Crippen molar-refractivity contribution in [2.75, 3.05) is 5.32 Å². The molecule has 1 heterocycles. The summed E-state index contributed by atoms with van der Waals surface area (Å²) < 4.78 is 39.1. The largest absolute Gasteiger partial charge is 0.478 e. The van der Waals surface area contributed by atoms with E-state index in [0.717, 1.165) is 12.1 Å². The minimum absolute atomic E-state index is 0.00703. The number of anilines is 2. The molecule has 0 spiro atoms. The van der Waals surface area contributed by atoms with Gasteiger partial charge in [-0.2, -0.15) is 0 Å². The maximum absolute atomic E-state index is 13.1. The summed E-state index contributed by atoms with van der Waals surface area (Å²) in [4.78, 5) is 15.1. The summed E-state index contributed by atoms with van der Waals surface area (Å²) in [6.45, 7) is 1.79. The Labute approximate surface area is 118 Å². The van der Waals surface area contributed by atoms with Crippen molar-refractivity contribution >= 4 is 17.5 Å². The van der Waals surface area contributed by atoms with Crippen molar-refractivity contribution in [3.63, 3.8) is 0 Å². The molecule has 0 saturated heterocycles. The summed E-state index contributed by atoms with van der Waals surface area (Å²) in [7, 11) is 0. The van der Waals surface area contributed by atoms with Crippen molar-refractivity contribution in [2.24, 2.45) is 0 Å². The van der Waals surface area contributed by atoms with E-state index in [1.54, 1.807) is 6.92 Å². The molecule has 0 radical (unpaired) electrons. The van der Waals surface area contributed by atoms with E-state index in [-0.39, 0.29) is 17.1 Å². The Kier molecular flexibility index (Phi) is 4.11. The first-order valence-corrected chi connectivity index (χ1v) is 6.06. The number of aryl methyl sites for hydroxylation is 1. The highest BCUT2D eigenvalue weighted by Gasteiger charge is 2.12. The maximum Gasteiger partial charge on any atom is 0.335 e. The third-order valence-corrected chi connectivity index (χ3v) is 2.74. The molecule has 2 rings (SSSR count). The normalized spacial score (nSPS) is 10.5. The summed E-state index contributed by atoms with van der Waals surface area (Å²) in [5.74, 6) is -5.30. The van der Waals surface area contributed by atoms with Gasteiger partial charge in [-0.05, 0) is 18.6 Å².